The van der Waals surface area contributed by atoms with Crippen molar-refractivity contribution >= 4 is 44.6 Å². The van der Waals surface area contributed by atoms with Crippen LogP contribution < -0.4 is 10.5 Å². The van der Waals surface area contributed by atoms with Crippen LogP contribution in [0.5, 0.6) is 0 Å². The number of nitro groups is 2. The van der Waals surface area contributed by atoms with Crippen molar-refractivity contribution < 1.29 is 23.1 Å². The molecule has 0 saturated heterocycles. The Morgan fingerprint density at radius 2 is 1.50 bits per heavy atom. The molecule has 0 aliphatic rings. The Labute approximate surface area is 150 Å². The first-order chi connectivity index (χ1) is 12.0. The van der Waals surface area contributed by atoms with Gasteiger partial charge in [-0.2, -0.15) is 0 Å². The minimum Gasteiger partial charge on any atom is -0.322 e. The van der Waals surface area contributed by atoms with Crippen LogP contribution in [-0.4, -0.2) is 24.2 Å². The van der Waals surface area contributed by atoms with E-state index in [0.29, 0.717) is 0 Å². The number of amides is 1. The maximum atomic E-state index is 12.2. The topological polar surface area (TPSA) is 176 Å². The molecule has 0 atom stereocenters. The van der Waals surface area contributed by atoms with Gasteiger partial charge in [0.1, 0.15) is 0 Å². The van der Waals surface area contributed by atoms with Crippen LogP contribution in [0.1, 0.15) is 10.4 Å². The summed E-state index contributed by atoms with van der Waals surface area (Å²) in [5.41, 5.74) is -1.82. The molecule has 136 valence electrons. The van der Waals surface area contributed by atoms with Crippen molar-refractivity contribution in [3.8, 4) is 0 Å². The van der Waals surface area contributed by atoms with Gasteiger partial charge in [-0.05, 0) is 24.3 Å². The Morgan fingerprint density at radius 1 is 1.04 bits per heavy atom. The molecule has 0 aromatic heterocycles. The lowest BCUT2D eigenvalue weighted by molar-refractivity contribution is -0.393. The predicted octanol–water partition coefficient (Wildman–Crippen LogP) is 2.06. The molecule has 0 spiro atoms. The predicted molar refractivity (Wildman–Crippen MR) is 90.5 cm³/mol. The van der Waals surface area contributed by atoms with Crippen LogP contribution in [0.25, 0.3) is 0 Å². The first-order valence-electron chi connectivity index (χ1n) is 6.57. The molecule has 13 heteroatoms. The summed E-state index contributed by atoms with van der Waals surface area (Å²) in [5, 5.41) is 28.5. The molecule has 2 aromatic rings. The zero-order chi connectivity index (χ0) is 19.6. The van der Waals surface area contributed by atoms with E-state index in [1.165, 1.54) is 12.1 Å². The highest BCUT2D eigenvalue weighted by atomic mass is 35.5. The first kappa shape index (κ1) is 19.2. The minimum absolute atomic E-state index is 0.141. The molecule has 0 aliphatic carbocycles. The maximum absolute atomic E-state index is 12.2. The number of nitrogens with zero attached hydrogens (tertiary/aromatic N) is 2. The molecule has 26 heavy (non-hydrogen) atoms. The van der Waals surface area contributed by atoms with Crippen LogP contribution >= 0.6 is 11.6 Å². The molecule has 0 fully saturated rings. The number of nitrogens with two attached hydrogens (primary N) is 1. The third-order valence-corrected chi connectivity index (χ3v) is 4.45. The summed E-state index contributed by atoms with van der Waals surface area (Å²) >= 11 is 5.61. The number of primary sulfonamides is 1. The highest BCUT2D eigenvalue weighted by Gasteiger charge is 2.27. The van der Waals surface area contributed by atoms with Crippen LogP contribution in [0.4, 0.5) is 17.1 Å². The standard InChI is InChI=1S/C13H9ClN4O7S/c14-12-10(17(20)21)5-7(6-11(12)18(22)23)13(19)16-8-1-3-9(4-2-8)26(15,24)25/h1-6H,(H,16,19)(H2,15,24,25). The van der Waals surface area contributed by atoms with Gasteiger partial charge in [-0.3, -0.25) is 25.0 Å². The van der Waals surface area contributed by atoms with E-state index >= 15 is 0 Å². The molecule has 2 rings (SSSR count). The SMILES string of the molecule is NS(=O)(=O)c1ccc(NC(=O)c2cc([N+](=O)[O-])c(Cl)c([N+](=O)[O-])c2)cc1. The molecule has 0 radical (unpaired) electrons. The Bertz CT molecular complexity index is 986. The van der Waals surface area contributed by atoms with Crippen LogP contribution in [0.15, 0.2) is 41.3 Å². The van der Waals surface area contributed by atoms with Crippen molar-refractivity contribution in [2.75, 3.05) is 5.32 Å². The van der Waals surface area contributed by atoms with E-state index in [4.69, 9.17) is 16.7 Å². The molecule has 0 bridgehead atoms. The second-order valence-electron chi connectivity index (χ2n) is 4.87. The number of hydrogen-bond acceptors (Lipinski definition) is 7. The number of hydrogen-bond donors (Lipinski definition) is 2. The Kier molecular flexibility index (Phi) is 5.20. The normalized spacial score (nSPS) is 11.0. The lowest BCUT2D eigenvalue weighted by Gasteiger charge is -2.07. The number of carbonyl (C=O) groups is 1. The van der Waals surface area contributed by atoms with E-state index in [9.17, 15) is 33.4 Å². The third-order valence-electron chi connectivity index (χ3n) is 3.13. The van der Waals surface area contributed by atoms with E-state index in [1.54, 1.807) is 0 Å². The fraction of sp³-hybridized carbons (Fsp3) is 0. The summed E-state index contributed by atoms with van der Waals surface area (Å²) in [5.74, 6) is -0.892. The fourth-order valence-electron chi connectivity index (χ4n) is 1.92. The van der Waals surface area contributed by atoms with E-state index in [1.807, 2.05) is 0 Å². The van der Waals surface area contributed by atoms with Gasteiger partial charge in [-0.25, -0.2) is 13.6 Å². The first-order valence-corrected chi connectivity index (χ1v) is 8.49. The van der Waals surface area contributed by atoms with Crippen molar-refractivity contribution in [1.29, 1.82) is 0 Å². The van der Waals surface area contributed by atoms with Crippen molar-refractivity contribution in [2.45, 2.75) is 4.90 Å². The number of halogens is 1. The van der Waals surface area contributed by atoms with Gasteiger partial charge < -0.3 is 5.32 Å². The van der Waals surface area contributed by atoms with Gasteiger partial charge in [-0.15, -0.1) is 0 Å². The van der Waals surface area contributed by atoms with Crippen molar-refractivity contribution in [3.63, 3.8) is 0 Å². The van der Waals surface area contributed by atoms with E-state index < -0.39 is 42.2 Å². The molecule has 3 N–H and O–H groups in total. The summed E-state index contributed by atoms with van der Waals surface area (Å²) in [6.45, 7) is 0. The van der Waals surface area contributed by atoms with Crippen LogP contribution in [0, 0.1) is 20.2 Å². The van der Waals surface area contributed by atoms with Gasteiger partial charge in [0.05, 0.1) is 20.3 Å². The van der Waals surface area contributed by atoms with Crippen molar-refractivity contribution in [2.24, 2.45) is 5.14 Å². The number of benzene rings is 2. The number of nitro benzene ring substituents is 2. The number of carbonyl (C=O) groups excluding carboxylic acids is 1. The summed E-state index contributed by atoms with van der Waals surface area (Å²) in [6.07, 6.45) is 0. The summed E-state index contributed by atoms with van der Waals surface area (Å²) in [4.78, 5) is 32.0. The largest absolute Gasteiger partial charge is 0.322 e. The van der Waals surface area contributed by atoms with Gasteiger partial charge in [0.25, 0.3) is 17.3 Å². The van der Waals surface area contributed by atoms with Gasteiger partial charge >= 0.3 is 0 Å². The molecule has 0 heterocycles. The van der Waals surface area contributed by atoms with Crippen LogP contribution in [-0.2, 0) is 10.0 Å². The van der Waals surface area contributed by atoms with Crippen molar-refractivity contribution in [3.05, 3.63) is 67.2 Å². The molecule has 2 aromatic carbocycles. The summed E-state index contributed by atoms with van der Waals surface area (Å²) in [6, 6.07) is 6.33. The van der Waals surface area contributed by atoms with Gasteiger partial charge in [0.2, 0.25) is 10.0 Å². The maximum Gasteiger partial charge on any atom is 0.295 e. The van der Waals surface area contributed by atoms with E-state index in [-0.39, 0.29) is 16.1 Å². The van der Waals surface area contributed by atoms with Crippen LogP contribution in [0.2, 0.25) is 5.02 Å². The second kappa shape index (κ2) is 7.03. The molecular formula is C13H9ClN4O7S. The molecular weight excluding hydrogens is 392 g/mol. The van der Waals surface area contributed by atoms with Crippen molar-refractivity contribution in [1.82, 2.24) is 0 Å². The molecule has 0 unspecified atom stereocenters. The zero-order valence-electron chi connectivity index (χ0n) is 12.6. The molecule has 0 saturated carbocycles. The number of anilines is 1. The quantitative estimate of drug-likeness (QED) is 0.569. The Hall–Kier alpha value is -3.09. The number of sulfonamides is 1. The Morgan fingerprint density at radius 3 is 1.88 bits per heavy atom. The lowest BCUT2D eigenvalue weighted by Crippen LogP contribution is -2.14. The molecule has 11 nitrogen and oxygen atoms in total. The smallest absolute Gasteiger partial charge is 0.295 e. The van der Waals surface area contributed by atoms with Gasteiger partial charge in [0, 0.05) is 17.8 Å². The van der Waals surface area contributed by atoms with E-state index in [2.05, 4.69) is 5.32 Å². The zero-order valence-corrected chi connectivity index (χ0v) is 14.2. The summed E-state index contributed by atoms with van der Waals surface area (Å²) < 4.78 is 22.3. The highest BCUT2D eigenvalue weighted by Crippen LogP contribution is 2.35. The number of nitrogens with one attached hydrogen (secondary N) is 1. The minimum atomic E-state index is -3.91. The average Bonchev–Trinajstić information content (AvgIpc) is 2.54. The second-order valence-corrected chi connectivity index (χ2v) is 6.81. The van der Waals surface area contributed by atoms with E-state index in [0.717, 1.165) is 24.3 Å². The van der Waals surface area contributed by atoms with Crippen LogP contribution in [0.3, 0.4) is 0 Å². The van der Waals surface area contributed by atoms with Gasteiger partial charge in [0.15, 0.2) is 5.02 Å². The number of rotatable bonds is 5. The third kappa shape index (κ3) is 4.11. The monoisotopic (exact) mass is 400 g/mol. The summed E-state index contributed by atoms with van der Waals surface area (Å²) in [7, 11) is -3.91. The average molecular weight is 401 g/mol. The molecule has 1 amide bonds. The molecule has 0 aliphatic heterocycles. The van der Waals surface area contributed by atoms with Gasteiger partial charge in [-0.1, -0.05) is 11.6 Å². The Balaban J connectivity index is 2.38. The fourth-order valence-corrected chi connectivity index (χ4v) is 2.68. The lowest BCUT2D eigenvalue weighted by atomic mass is 10.1. The highest BCUT2D eigenvalue weighted by molar-refractivity contribution is 7.89.